The number of hydrogen-bond acceptors (Lipinski definition) is 1. The minimum Gasteiger partial charge on any atom is -0.377 e. The summed E-state index contributed by atoms with van der Waals surface area (Å²) in [6.07, 6.45) is 0.856. The molecular formula is C15H14Cl2FN. The van der Waals surface area contributed by atoms with Gasteiger partial charge in [-0.25, -0.2) is 4.39 Å². The molecule has 19 heavy (non-hydrogen) atoms. The van der Waals surface area contributed by atoms with Crippen LogP contribution < -0.4 is 5.32 Å². The minimum absolute atomic E-state index is 0.0663. The zero-order valence-electron chi connectivity index (χ0n) is 10.5. The van der Waals surface area contributed by atoms with Gasteiger partial charge in [0.05, 0.1) is 16.8 Å². The van der Waals surface area contributed by atoms with Crippen molar-refractivity contribution in [2.24, 2.45) is 0 Å². The highest BCUT2D eigenvalue weighted by atomic mass is 35.5. The van der Waals surface area contributed by atoms with Gasteiger partial charge in [-0.05, 0) is 42.3 Å². The van der Waals surface area contributed by atoms with Crippen LogP contribution >= 0.6 is 23.2 Å². The highest BCUT2D eigenvalue weighted by Gasteiger charge is 2.11. The molecular weight excluding hydrogens is 284 g/mol. The number of halogens is 3. The van der Waals surface area contributed by atoms with Gasteiger partial charge in [-0.2, -0.15) is 0 Å². The van der Waals surface area contributed by atoms with Crippen LogP contribution in [0.15, 0.2) is 42.5 Å². The molecule has 1 atom stereocenters. The van der Waals surface area contributed by atoms with E-state index >= 15 is 0 Å². The van der Waals surface area contributed by atoms with Crippen molar-refractivity contribution < 1.29 is 4.39 Å². The summed E-state index contributed by atoms with van der Waals surface area (Å²) in [4.78, 5) is 0. The van der Waals surface area contributed by atoms with Gasteiger partial charge in [0.1, 0.15) is 5.82 Å². The number of nitrogens with one attached hydrogen (secondary N) is 1. The van der Waals surface area contributed by atoms with Gasteiger partial charge < -0.3 is 5.32 Å². The maximum Gasteiger partial charge on any atom is 0.123 e. The molecule has 0 aromatic heterocycles. The summed E-state index contributed by atoms with van der Waals surface area (Å²) in [6.45, 7) is 2.06. The van der Waals surface area contributed by atoms with Crippen molar-refractivity contribution in [1.82, 2.24) is 0 Å². The van der Waals surface area contributed by atoms with Crippen molar-refractivity contribution in [2.45, 2.75) is 19.4 Å². The zero-order chi connectivity index (χ0) is 13.8. The summed E-state index contributed by atoms with van der Waals surface area (Å²) in [5, 5.41) is 4.58. The topological polar surface area (TPSA) is 12.0 Å². The van der Waals surface area contributed by atoms with Crippen molar-refractivity contribution >= 4 is 28.9 Å². The fourth-order valence-corrected chi connectivity index (χ4v) is 2.26. The molecule has 2 rings (SSSR count). The average Bonchev–Trinajstić information content (AvgIpc) is 2.41. The second-order valence-corrected chi connectivity index (χ2v) is 5.12. The van der Waals surface area contributed by atoms with Gasteiger partial charge >= 0.3 is 0 Å². The molecule has 0 bridgehead atoms. The molecule has 0 saturated carbocycles. The quantitative estimate of drug-likeness (QED) is 0.764. The lowest BCUT2D eigenvalue weighted by atomic mass is 10.0. The predicted octanol–water partition coefficient (Wildman–Crippen LogP) is 5.70. The Morgan fingerprint density at radius 1 is 1.11 bits per heavy atom. The monoisotopic (exact) mass is 297 g/mol. The maximum absolute atomic E-state index is 12.9. The number of hydrogen-bond donors (Lipinski definition) is 1. The Kier molecular flexibility index (Phi) is 4.67. The van der Waals surface area contributed by atoms with Crippen molar-refractivity contribution in [3.8, 4) is 0 Å². The van der Waals surface area contributed by atoms with E-state index in [9.17, 15) is 4.39 Å². The van der Waals surface area contributed by atoms with Crippen LogP contribution in [0.1, 0.15) is 24.9 Å². The molecule has 4 heteroatoms. The van der Waals surface area contributed by atoms with Crippen LogP contribution in [0, 0.1) is 5.82 Å². The van der Waals surface area contributed by atoms with Crippen molar-refractivity contribution in [1.29, 1.82) is 0 Å². The fraction of sp³-hybridized carbons (Fsp3) is 0.200. The van der Waals surface area contributed by atoms with Crippen LogP contribution in [0.25, 0.3) is 0 Å². The van der Waals surface area contributed by atoms with Crippen molar-refractivity contribution in [3.63, 3.8) is 0 Å². The summed E-state index contributed by atoms with van der Waals surface area (Å²) in [6, 6.07) is 11.8. The lowest BCUT2D eigenvalue weighted by molar-refractivity contribution is 0.625. The molecule has 0 aliphatic rings. The van der Waals surface area contributed by atoms with E-state index < -0.39 is 0 Å². The smallest absolute Gasteiger partial charge is 0.123 e. The van der Waals surface area contributed by atoms with Gasteiger partial charge in [0.25, 0.3) is 0 Å². The second-order valence-electron chi connectivity index (χ2n) is 4.28. The molecule has 0 radical (unpaired) electrons. The molecule has 0 fully saturated rings. The van der Waals surface area contributed by atoms with Crippen LogP contribution in [-0.2, 0) is 0 Å². The molecule has 0 saturated heterocycles. The maximum atomic E-state index is 12.9. The van der Waals surface area contributed by atoms with E-state index in [2.05, 4.69) is 12.2 Å². The van der Waals surface area contributed by atoms with Crippen LogP contribution in [0.3, 0.4) is 0 Å². The minimum atomic E-state index is -0.237. The fourth-order valence-electron chi connectivity index (χ4n) is 1.91. The molecule has 0 amide bonds. The molecule has 1 N–H and O–H groups in total. The molecule has 1 unspecified atom stereocenters. The average molecular weight is 298 g/mol. The highest BCUT2D eigenvalue weighted by molar-refractivity contribution is 6.35. The Balaban J connectivity index is 2.23. The predicted molar refractivity (Wildman–Crippen MR) is 79.5 cm³/mol. The molecule has 0 spiro atoms. The summed E-state index contributed by atoms with van der Waals surface area (Å²) in [5.74, 6) is -0.237. The molecule has 2 aromatic rings. The van der Waals surface area contributed by atoms with Crippen LogP contribution in [0.2, 0.25) is 10.0 Å². The van der Waals surface area contributed by atoms with Crippen LogP contribution in [0.5, 0.6) is 0 Å². The third kappa shape index (κ3) is 3.62. The Hall–Kier alpha value is -1.25. The first-order chi connectivity index (χ1) is 9.10. The first-order valence-corrected chi connectivity index (χ1v) is 6.82. The van der Waals surface area contributed by atoms with E-state index in [1.807, 2.05) is 0 Å². The molecule has 0 aliphatic carbocycles. The molecule has 0 heterocycles. The van der Waals surface area contributed by atoms with E-state index in [1.165, 1.54) is 12.1 Å². The molecule has 100 valence electrons. The molecule has 1 nitrogen and oxygen atoms in total. The summed E-state index contributed by atoms with van der Waals surface area (Å²) in [7, 11) is 0. The van der Waals surface area contributed by atoms with Crippen molar-refractivity contribution in [2.75, 3.05) is 5.32 Å². The van der Waals surface area contributed by atoms with Gasteiger partial charge in [0.2, 0.25) is 0 Å². The standard InChI is InChI=1S/C15H14Cl2FN/c1-2-14(10-3-6-12(18)7-4-10)19-15-9-11(16)5-8-13(15)17/h3-9,14,19H,2H2,1H3. The summed E-state index contributed by atoms with van der Waals surface area (Å²) >= 11 is 12.1. The van der Waals surface area contributed by atoms with Gasteiger partial charge in [-0.15, -0.1) is 0 Å². The number of rotatable bonds is 4. The summed E-state index contributed by atoms with van der Waals surface area (Å²) in [5.41, 5.74) is 1.80. The highest BCUT2D eigenvalue weighted by Crippen LogP contribution is 2.30. The lowest BCUT2D eigenvalue weighted by Gasteiger charge is -2.20. The van der Waals surface area contributed by atoms with E-state index in [4.69, 9.17) is 23.2 Å². The Labute approximate surface area is 122 Å². The van der Waals surface area contributed by atoms with Gasteiger partial charge in [0, 0.05) is 5.02 Å². The first kappa shape index (κ1) is 14.2. The Morgan fingerprint density at radius 3 is 2.42 bits per heavy atom. The number of anilines is 1. The summed E-state index contributed by atoms with van der Waals surface area (Å²) < 4.78 is 12.9. The lowest BCUT2D eigenvalue weighted by Crippen LogP contribution is -2.10. The number of benzene rings is 2. The van der Waals surface area contributed by atoms with E-state index in [0.29, 0.717) is 10.0 Å². The van der Waals surface area contributed by atoms with Crippen LogP contribution in [0.4, 0.5) is 10.1 Å². The zero-order valence-corrected chi connectivity index (χ0v) is 12.0. The van der Waals surface area contributed by atoms with Gasteiger partial charge in [0.15, 0.2) is 0 Å². The van der Waals surface area contributed by atoms with E-state index in [1.54, 1.807) is 30.3 Å². The van der Waals surface area contributed by atoms with Gasteiger partial charge in [-0.3, -0.25) is 0 Å². The largest absolute Gasteiger partial charge is 0.377 e. The third-order valence-corrected chi connectivity index (χ3v) is 3.50. The SMILES string of the molecule is CCC(Nc1cc(Cl)ccc1Cl)c1ccc(F)cc1. The van der Waals surface area contributed by atoms with E-state index in [0.717, 1.165) is 17.7 Å². The first-order valence-electron chi connectivity index (χ1n) is 6.07. The normalized spacial score (nSPS) is 12.2. The third-order valence-electron chi connectivity index (χ3n) is 2.94. The van der Waals surface area contributed by atoms with E-state index in [-0.39, 0.29) is 11.9 Å². The second kappa shape index (κ2) is 6.27. The van der Waals surface area contributed by atoms with Crippen molar-refractivity contribution in [3.05, 3.63) is 63.9 Å². The Bertz CT molecular complexity index is 555. The molecule has 2 aromatic carbocycles. The Morgan fingerprint density at radius 2 is 1.79 bits per heavy atom. The van der Waals surface area contributed by atoms with Gasteiger partial charge in [-0.1, -0.05) is 42.3 Å². The van der Waals surface area contributed by atoms with Crippen LogP contribution in [-0.4, -0.2) is 0 Å². The molecule has 0 aliphatic heterocycles.